The molecule has 92 valence electrons. The lowest BCUT2D eigenvalue weighted by Crippen LogP contribution is -2.23. The molecule has 3 nitrogen and oxygen atoms in total. The fourth-order valence-electron chi connectivity index (χ4n) is 2.58. The zero-order valence-corrected chi connectivity index (χ0v) is 10.8. The number of methoxy groups -OCH3 is 2. The Morgan fingerprint density at radius 2 is 1.88 bits per heavy atom. The summed E-state index contributed by atoms with van der Waals surface area (Å²) < 4.78 is 10.3. The van der Waals surface area contributed by atoms with Crippen LogP contribution in [0, 0.1) is 13.8 Å². The van der Waals surface area contributed by atoms with E-state index in [0.29, 0.717) is 0 Å². The van der Waals surface area contributed by atoms with E-state index < -0.39 is 5.41 Å². The van der Waals surface area contributed by atoms with E-state index in [1.54, 1.807) is 7.11 Å². The van der Waals surface area contributed by atoms with Gasteiger partial charge in [-0.2, -0.15) is 0 Å². The monoisotopic (exact) mass is 234 g/mol. The number of esters is 1. The number of rotatable bonds is 3. The van der Waals surface area contributed by atoms with Crippen LogP contribution in [0.2, 0.25) is 0 Å². The van der Waals surface area contributed by atoms with Crippen molar-refractivity contribution in [2.75, 3.05) is 14.2 Å². The second kappa shape index (κ2) is 4.06. The van der Waals surface area contributed by atoms with E-state index in [1.165, 1.54) is 7.11 Å². The van der Waals surface area contributed by atoms with E-state index in [-0.39, 0.29) is 5.97 Å². The summed E-state index contributed by atoms with van der Waals surface area (Å²) in [6.07, 6.45) is 1.69. The Morgan fingerprint density at radius 3 is 2.35 bits per heavy atom. The van der Waals surface area contributed by atoms with Crippen molar-refractivity contribution < 1.29 is 14.3 Å². The zero-order valence-electron chi connectivity index (χ0n) is 10.8. The molecule has 1 aliphatic rings. The molecule has 0 saturated heterocycles. The highest BCUT2D eigenvalue weighted by Gasteiger charge is 2.54. The van der Waals surface area contributed by atoms with Crippen molar-refractivity contribution >= 4 is 5.97 Å². The van der Waals surface area contributed by atoms with Gasteiger partial charge in [0.15, 0.2) is 0 Å². The standard InChI is InChI=1S/C14H18O3/c1-9-7-10(2)12(11(8-9)16-3)14(5-6-14)13(15)17-4/h7-8H,5-6H2,1-4H3. The van der Waals surface area contributed by atoms with Gasteiger partial charge in [0.05, 0.1) is 19.6 Å². The first-order chi connectivity index (χ1) is 8.05. The minimum atomic E-state index is -0.460. The lowest BCUT2D eigenvalue weighted by atomic mass is 9.89. The number of ether oxygens (including phenoxy) is 2. The predicted octanol–water partition coefficient (Wildman–Crippen LogP) is 2.52. The summed E-state index contributed by atoms with van der Waals surface area (Å²) >= 11 is 0. The largest absolute Gasteiger partial charge is 0.496 e. The summed E-state index contributed by atoms with van der Waals surface area (Å²) in [5, 5.41) is 0. The molecule has 0 spiro atoms. The summed E-state index contributed by atoms with van der Waals surface area (Å²) in [5.41, 5.74) is 2.78. The summed E-state index contributed by atoms with van der Waals surface area (Å²) in [6.45, 7) is 4.05. The predicted molar refractivity (Wildman–Crippen MR) is 65.4 cm³/mol. The van der Waals surface area contributed by atoms with Gasteiger partial charge in [-0.15, -0.1) is 0 Å². The van der Waals surface area contributed by atoms with Crippen LogP contribution in [0.5, 0.6) is 5.75 Å². The highest BCUT2D eigenvalue weighted by Crippen LogP contribution is 2.53. The highest BCUT2D eigenvalue weighted by atomic mass is 16.5. The molecule has 0 heterocycles. The number of benzene rings is 1. The van der Waals surface area contributed by atoms with Crippen LogP contribution in [0.4, 0.5) is 0 Å². The van der Waals surface area contributed by atoms with Crippen molar-refractivity contribution in [1.29, 1.82) is 0 Å². The number of hydrogen-bond acceptors (Lipinski definition) is 3. The van der Waals surface area contributed by atoms with Crippen LogP contribution in [0.1, 0.15) is 29.5 Å². The van der Waals surface area contributed by atoms with Crippen molar-refractivity contribution in [3.05, 3.63) is 28.8 Å². The van der Waals surface area contributed by atoms with Gasteiger partial charge in [-0.3, -0.25) is 4.79 Å². The molecule has 1 saturated carbocycles. The minimum absolute atomic E-state index is 0.150. The maximum atomic E-state index is 11.9. The van der Waals surface area contributed by atoms with E-state index >= 15 is 0 Å². The SMILES string of the molecule is COC(=O)C1(c2c(C)cc(C)cc2OC)CC1. The fraction of sp³-hybridized carbons (Fsp3) is 0.500. The molecule has 0 N–H and O–H groups in total. The molecule has 3 heteroatoms. The third-order valence-corrected chi connectivity index (χ3v) is 3.47. The van der Waals surface area contributed by atoms with Crippen LogP contribution in [0.15, 0.2) is 12.1 Å². The Bertz CT molecular complexity index is 459. The van der Waals surface area contributed by atoms with Gasteiger partial charge in [-0.1, -0.05) is 6.07 Å². The fourth-order valence-corrected chi connectivity index (χ4v) is 2.58. The second-order valence-corrected chi connectivity index (χ2v) is 4.73. The maximum absolute atomic E-state index is 11.9. The van der Waals surface area contributed by atoms with Crippen LogP contribution in [0.3, 0.4) is 0 Å². The summed E-state index contributed by atoms with van der Waals surface area (Å²) in [7, 11) is 3.09. The third kappa shape index (κ3) is 1.79. The Kier molecular flexibility index (Phi) is 2.86. The zero-order chi connectivity index (χ0) is 12.6. The molecule has 17 heavy (non-hydrogen) atoms. The lowest BCUT2D eigenvalue weighted by molar-refractivity contribution is -0.143. The molecular formula is C14H18O3. The molecule has 0 bridgehead atoms. The Hall–Kier alpha value is -1.51. The normalized spacial score (nSPS) is 16.5. The van der Waals surface area contributed by atoms with Crippen LogP contribution < -0.4 is 4.74 Å². The average Bonchev–Trinajstić information content (AvgIpc) is 3.08. The molecule has 2 rings (SSSR count). The smallest absolute Gasteiger partial charge is 0.316 e. The molecule has 1 fully saturated rings. The molecule has 0 amide bonds. The molecule has 1 aromatic rings. The molecule has 1 aromatic carbocycles. The van der Waals surface area contributed by atoms with Crippen molar-refractivity contribution in [2.45, 2.75) is 32.1 Å². The number of carbonyl (C=O) groups excluding carboxylic acids is 1. The molecule has 1 aliphatic carbocycles. The number of carbonyl (C=O) groups is 1. The summed E-state index contributed by atoms with van der Waals surface area (Å²) in [6, 6.07) is 4.06. The van der Waals surface area contributed by atoms with Crippen molar-refractivity contribution in [3.8, 4) is 5.75 Å². The van der Waals surface area contributed by atoms with Crippen LogP contribution in [0.25, 0.3) is 0 Å². The quantitative estimate of drug-likeness (QED) is 0.754. The van der Waals surface area contributed by atoms with E-state index in [0.717, 1.165) is 35.3 Å². The molecule has 0 aliphatic heterocycles. The van der Waals surface area contributed by atoms with Gasteiger partial charge in [0.1, 0.15) is 5.75 Å². The number of aryl methyl sites for hydroxylation is 2. The van der Waals surface area contributed by atoms with Gasteiger partial charge >= 0.3 is 5.97 Å². The van der Waals surface area contributed by atoms with Gasteiger partial charge in [0, 0.05) is 5.56 Å². The van der Waals surface area contributed by atoms with Gasteiger partial charge in [-0.05, 0) is 43.9 Å². The van der Waals surface area contributed by atoms with Crippen LogP contribution in [-0.4, -0.2) is 20.2 Å². The molecule has 0 atom stereocenters. The van der Waals surface area contributed by atoms with Crippen LogP contribution >= 0.6 is 0 Å². The molecular weight excluding hydrogens is 216 g/mol. The van der Waals surface area contributed by atoms with Gasteiger partial charge in [0.25, 0.3) is 0 Å². The highest BCUT2D eigenvalue weighted by molar-refractivity contribution is 5.88. The van der Waals surface area contributed by atoms with Gasteiger partial charge in [0.2, 0.25) is 0 Å². The lowest BCUT2D eigenvalue weighted by Gasteiger charge is -2.19. The van der Waals surface area contributed by atoms with E-state index in [4.69, 9.17) is 9.47 Å². The Balaban J connectivity index is 2.55. The third-order valence-electron chi connectivity index (χ3n) is 3.47. The first-order valence-electron chi connectivity index (χ1n) is 5.79. The van der Waals surface area contributed by atoms with Gasteiger partial charge < -0.3 is 9.47 Å². The van der Waals surface area contributed by atoms with E-state index in [2.05, 4.69) is 6.07 Å². The number of hydrogen-bond donors (Lipinski definition) is 0. The molecule has 0 radical (unpaired) electrons. The maximum Gasteiger partial charge on any atom is 0.316 e. The first kappa shape index (κ1) is 12.0. The van der Waals surface area contributed by atoms with Crippen LogP contribution in [-0.2, 0) is 14.9 Å². The topological polar surface area (TPSA) is 35.5 Å². The average molecular weight is 234 g/mol. The molecule has 0 unspecified atom stereocenters. The second-order valence-electron chi connectivity index (χ2n) is 4.73. The molecule has 0 aromatic heterocycles. The van der Waals surface area contributed by atoms with Gasteiger partial charge in [-0.25, -0.2) is 0 Å². The van der Waals surface area contributed by atoms with Crippen molar-refractivity contribution in [3.63, 3.8) is 0 Å². The van der Waals surface area contributed by atoms with E-state index in [1.807, 2.05) is 19.9 Å². The minimum Gasteiger partial charge on any atom is -0.496 e. The first-order valence-corrected chi connectivity index (χ1v) is 5.79. The summed E-state index contributed by atoms with van der Waals surface area (Å²) in [5.74, 6) is 0.646. The summed E-state index contributed by atoms with van der Waals surface area (Å²) in [4.78, 5) is 11.9. The van der Waals surface area contributed by atoms with Crippen molar-refractivity contribution in [2.24, 2.45) is 0 Å². The van der Waals surface area contributed by atoms with E-state index in [9.17, 15) is 4.79 Å². The van der Waals surface area contributed by atoms with Crippen molar-refractivity contribution in [1.82, 2.24) is 0 Å². The Morgan fingerprint density at radius 1 is 1.24 bits per heavy atom. The Labute approximate surface area is 102 Å².